The van der Waals surface area contributed by atoms with Gasteiger partial charge in [0.25, 0.3) is 0 Å². The van der Waals surface area contributed by atoms with Crippen molar-refractivity contribution in [1.29, 1.82) is 0 Å². The van der Waals surface area contributed by atoms with Gasteiger partial charge in [-0.15, -0.1) is 0 Å². The maximum atomic E-state index is 9.53. The number of rotatable bonds is 13. The Kier molecular flexibility index (Phi) is 11.8. The minimum absolute atomic E-state index is 0.106. The molecule has 4 rings (SSSR count). The molecule has 2 nitrogen and oxygen atoms in total. The monoisotopic (exact) mass is 518 g/mol. The summed E-state index contributed by atoms with van der Waals surface area (Å²) in [5.74, 6) is 3.33. The van der Waals surface area contributed by atoms with Crippen LogP contribution in [0.15, 0.2) is 42.5 Å². The highest BCUT2D eigenvalue weighted by molar-refractivity contribution is 5.65. The van der Waals surface area contributed by atoms with E-state index >= 15 is 0 Å². The van der Waals surface area contributed by atoms with Crippen molar-refractivity contribution in [1.82, 2.24) is 0 Å². The van der Waals surface area contributed by atoms with Crippen LogP contribution in [0.1, 0.15) is 108 Å². The molecular formula is C36H54O2. The summed E-state index contributed by atoms with van der Waals surface area (Å²) in [6.07, 6.45) is 19.5. The van der Waals surface area contributed by atoms with Crippen molar-refractivity contribution < 1.29 is 10.2 Å². The average Bonchev–Trinajstić information content (AvgIpc) is 2.98. The predicted molar refractivity (Wildman–Crippen MR) is 161 cm³/mol. The third-order valence-electron chi connectivity index (χ3n) is 10.3. The van der Waals surface area contributed by atoms with Gasteiger partial charge in [-0.1, -0.05) is 82.0 Å². The Morgan fingerprint density at radius 3 is 1.92 bits per heavy atom. The van der Waals surface area contributed by atoms with Crippen molar-refractivity contribution >= 4 is 0 Å². The Bertz CT molecular complexity index is 928. The molecular weight excluding hydrogens is 464 g/mol. The SMILES string of the molecule is CCCCCc1ccc(-c2ccc(CCC3CCC(C4CCC(C(CO)CO)CC4)CC3)c(CC)c2)cc1. The van der Waals surface area contributed by atoms with Gasteiger partial charge in [-0.05, 0) is 122 Å². The molecule has 2 aromatic rings. The zero-order valence-electron chi connectivity index (χ0n) is 24.3. The standard InChI is InChI=1S/C36H54O2/c1-3-5-6-7-27-8-16-33(17-9-27)35-23-22-30(29(4-2)24-35)13-10-28-11-14-31(15-12-28)32-18-20-34(21-19-32)36(25-37)26-38/h8-9,16-17,22-24,28,31-32,34,36-38H,3-7,10-15,18-21,25-26H2,1-2H3. The smallest absolute Gasteiger partial charge is 0.0483 e. The summed E-state index contributed by atoms with van der Waals surface area (Å²) in [5, 5.41) is 19.1. The lowest BCUT2D eigenvalue weighted by Gasteiger charge is -2.39. The average molecular weight is 519 g/mol. The summed E-state index contributed by atoms with van der Waals surface area (Å²) in [6, 6.07) is 16.5. The van der Waals surface area contributed by atoms with E-state index < -0.39 is 0 Å². The molecule has 0 aromatic heterocycles. The fraction of sp³-hybridized carbons (Fsp3) is 0.667. The Hall–Kier alpha value is -1.64. The quantitative estimate of drug-likeness (QED) is 0.260. The second-order valence-electron chi connectivity index (χ2n) is 12.6. The molecule has 0 saturated heterocycles. The van der Waals surface area contributed by atoms with E-state index in [4.69, 9.17) is 0 Å². The van der Waals surface area contributed by atoms with Gasteiger partial charge in [0.2, 0.25) is 0 Å². The number of unbranched alkanes of at least 4 members (excludes halogenated alkanes) is 2. The van der Waals surface area contributed by atoms with Gasteiger partial charge >= 0.3 is 0 Å². The zero-order valence-corrected chi connectivity index (χ0v) is 24.3. The molecule has 0 aliphatic heterocycles. The van der Waals surface area contributed by atoms with Crippen molar-refractivity contribution in [2.24, 2.45) is 29.6 Å². The van der Waals surface area contributed by atoms with Crippen LogP contribution < -0.4 is 0 Å². The highest BCUT2D eigenvalue weighted by Crippen LogP contribution is 2.43. The first-order chi connectivity index (χ1) is 18.6. The van der Waals surface area contributed by atoms with E-state index in [0.29, 0.717) is 5.92 Å². The molecule has 2 heteroatoms. The molecule has 2 saturated carbocycles. The van der Waals surface area contributed by atoms with E-state index in [1.54, 1.807) is 5.56 Å². The highest BCUT2D eigenvalue weighted by Gasteiger charge is 2.33. The molecule has 2 aromatic carbocycles. The van der Waals surface area contributed by atoms with Gasteiger partial charge in [0.1, 0.15) is 0 Å². The first-order valence-corrected chi connectivity index (χ1v) is 16.1. The van der Waals surface area contributed by atoms with Gasteiger partial charge in [-0.25, -0.2) is 0 Å². The number of hydrogen-bond donors (Lipinski definition) is 2. The van der Waals surface area contributed by atoms with Crippen molar-refractivity contribution in [3.8, 4) is 11.1 Å². The van der Waals surface area contributed by atoms with Crippen LogP contribution in [0.25, 0.3) is 11.1 Å². The van der Waals surface area contributed by atoms with Crippen LogP contribution in [0.2, 0.25) is 0 Å². The molecule has 0 atom stereocenters. The van der Waals surface area contributed by atoms with Gasteiger partial charge in [0.05, 0.1) is 0 Å². The van der Waals surface area contributed by atoms with E-state index in [0.717, 1.165) is 24.2 Å². The van der Waals surface area contributed by atoms with Crippen LogP contribution in [0.4, 0.5) is 0 Å². The predicted octanol–water partition coefficient (Wildman–Crippen LogP) is 8.79. The second kappa shape index (κ2) is 15.2. The molecule has 2 N–H and O–H groups in total. The topological polar surface area (TPSA) is 40.5 Å². The summed E-state index contributed by atoms with van der Waals surface area (Å²) < 4.78 is 0. The Morgan fingerprint density at radius 2 is 1.32 bits per heavy atom. The molecule has 0 spiro atoms. The first kappa shape index (κ1) is 29.3. The van der Waals surface area contributed by atoms with Crippen LogP contribution in [0.5, 0.6) is 0 Å². The van der Waals surface area contributed by atoms with Gasteiger partial charge in [0.15, 0.2) is 0 Å². The second-order valence-corrected chi connectivity index (χ2v) is 12.6. The fourth-order valence-electron chi connectivity index (χ4n) is 7.57. The molecule has 0 radical (unpaired) electrons. The van der Waals surface area contributed by atoms with Crippen LogP contribution in [0.3, 0.4) is 0 Å². The molecule has 38 heavy (non-hydrogen) atoms. The molecule has 210 valence electrons. The number of aliphatic hydroxyl groups is 2. The van der Waals surface area contributed by atoms with E-state index in [1.807, 2.05) is 0 Å². The Labute approximate surface area is 233 Å². The first-order valence-electron chi connectivity index (χ1n) is 16.1. The van der Waals surface area contributed by atoms with Crippen LogP contribution >= 0.6 is 0 Å². The normalized spacial score (nSPS) is 24.1. The van der Waals surface area contributed by atoms with E-state index in [2.05, 4.69) is 56.3 Å². The minimum atomic E-state index is 0.106. The van der Waals surface area contributed by atoms with Crippen molar-refractivity contribution in [3.63, 3.8) is 0 Å². The maximum Gasteiger partial charge on any atom is 0.0483 e. The fourth-order valence-corrected chi connectivity index (χ4v) is 7.57. The van der Waals surface area contributed by atoms with E-state index in [1.165, 1.54) is 112 Å². The molecule has 0 heterocycles. The molecule has 0 amide bonds. The lowest BCUT2D eigenvalue weighted by molar-refractivity contribution is 0.0639. The van der Waals surface area contributed by atoms with Gasteiger partial charge in [-0.3, -0.25) is 0 Å². The molecule has 2 fully saturated rings. The molecule has 0 bridgehead atoms. The summed E-state index contributed by atoms with van der Waals surface area (Å²) >= 11 is 0. The van der Waals surface area contributed by atoms with Crippen molar-refractivity contribution in [3.05, 3.63) is 59.2 Å². The van der Waals surface area contributed by atoms with E-state index in [9.17, 15) is 10.2 Å². The zero-order chi connectivity index (χ0) is 26.7. The Morgan fingerprint density at radius 1 is 0.684 bits per heavy atom. The summed E-state index contributed by atoms with van der Waals surface area (Å²) in [5.41, 5.74) is 7.28. The third-order valence-corrected chi connectivity index (χ3v) is 10.3. The number of benzene rings is 2. The van der Waals surface area contributed by atoms with Gasteiger partial charge in [0, 0.05) is 19.1 Å². The Balaban J connectivity index is 1.23. The van der Waals surface area contributed by atoms with Gasteiger partial charge in [-0.2, -0.15) is 0 Å². The van der Waals surface area contributed by atoms with E-state index in [-0.39, 0.29) is 19.1 Å². The summed E-state index contributed by atoms with van der Waals surface area (Å²) in [6.45, 7) is 4.87. The van der Waals surface area contributed by atoms with Crippen LogP contribution in [0, 0.1) is 29.6 Å². The van der Waals surface area contributed by atoms with Crippen molar-refractivity contribution in [2.75, 3.05) is 13.2 Å². The lowest BCUT2D eigenvalue weighted by atomic mass is 9.67. The number of aliphatic hydroxyl groups excluding tert-OH is 2. The summed E-state index contributed by atoms with van der Waals surface area (Å²) in [4.78, 5) is 0. The van der Waals surface area contributed by atoms with Crippen LogP contribution in [-0.4, -0.2) is 23.4 Å². The lowest BCUT2D eigenvalue weighted by Crippen LogP contribution is -2.30. The van der Waals surface area contributed by atoms with Crippen molar-refractivity contribution in [2.45, 2.75) is 110 Å². The molecule has 0 unspecified atom stereocenters. The van der Waals surface area contributed by atoms with Gasteiger partial charge < -0.3 is 10.2 Å². The minimum Gasteiger partial charge on any atom is -0.396 e. The third kappa shape index (κ3) is 7.95. The number of hydrogen-bond acceptors (Lipinski definition) is 2. The number of aryl methyl sites for hydroxylation is 3. The van der Waals surface area contributed by atoms with Crippen LogP contribution in [-0.2, 0) is 19.3 Å². The largest absolute Gasteiger partial charge is 0.396 e. The highest BCUT2D eigenvalue weighted by atomic mass is 16.3. The molecule has 2 aliphatic carbocycles. The summed E-state index contributed by atoms with van der Waals surface area (Å²) in [7, 11) is 0. The maximum absolute atomic E-state index is 9.53. The molecule has 2 aliphatic rings.